The number of carbonyl (C=O) groups excluding carboxylic acids is 1. The normalized spacial score (nSPS) is 17.7. The van der Waals surface area contributed by atoms with E-state index in [0.717, 1.165) is 19.4 Å². The van der Waals surface area contributed by atoms with Crippen molar-refractivity contribution < 1.29 is 29.3 Å². The lowest BCUT2D eigenvalue weighted by Gasteiger charge is -2.38. The predicted molar refractivity (Wildman–Crippen MR) is 124 cm³/mol. The zero-order valence-corrected chi connectivity index (χ0v) is 18.8. The Morgan fingerprint density at radius 1 is 0.939 bits per heavy atom. The first-order valence-electron chi connectivity index (χ1n) is 10.6. The first-order valence-corrected chi connectivity index (χ1v) is 10.6. The summed E-state index contributed by atoms with van der Waals surface area (Å²) in [7, 11) is 3.44. The van der Waals surface area contributed by atoms with Gasteiger partial charge in [0.05, 0.1) is 6.04 Å². The van der Waals surface area contributed by atoms with E-state index in [9.17, 15) is 14.4 Å². The molecular weight excluding hydrogens is 424 g/mol. The van der Waals surface area contributed by atoms with Crippen LogP contribution in [-0.4, -0.2) is 65.9 Å². The number of ether oxygens (including phenoxy) is 1. The van der Waals surface area contributed by atoms with Crippen LogP contribution in [-0.2, 0) is 14.3 Å². The van der Waals surface area contributed by atoms with Crippen LogP contribution in [0.3, 0.4) is 0 Å². The third-order valence-electron chi connectivity index (χ3n) is 5.11. The maximum atomic E-state index is 12.1. The summed E-state index contributed by atoms with van der Waals surface area (Å²) in [5, 5.41) is 19.2. The highest BCUT2D eigenvalue weighted by molar-refractivity contribution is 5.89. The van der Waals surface area contributed by atoms with Crippen molar-refractivity contribution in [2.75, 3.05) is 20.6 Å². The first-order chi connectivity index (χ1) is 15.8. The molecule has 0 bridgehead atoms. The Bertz CT molecular complexity index is 875. The molecule has 2 unspecified atom stereocenters. The quantitative estimate of drug-likeness (QED) is 0.573. The van der Waals surface area contributed by atoms with Crippen molar-refractivity contribution in [2.45, 2.75) is 30.9 Å². The summed E-state index contributed by atoms with van der Waals surface area (Å²) in [5.41, 5.74) is 2.47. The van der Waals surface area contributed by atoms with E-state index in [1.165, 1.54) is 16.0 Å². The van der Waals surface area contributed by atoms with Gasteiger partial charge in [0.2, 0.25) is 0 Å². The fourth-order valence-corrected chi connectivity index (χ4v) is 3.65. The molecule has 0 aliphatic carbocycles. The molecule has 1 aliphatic rings. The lowest BCUT2D eigenvalue weighted by atomic mass is 9.80. The molecule has 8 nitrogen and oxygen atoms in total. The topological polar surface area (TPSA) is 116 Å². The number of nitrogens with one attached hydrogen (secondary N) is 1. The third-order valence-corrected chi connectivity index (χ3v) is 5.11. The Kier molecular flexibility index (Phi) is 10.1. The highest BCUT2D eigenvalue weighted by Gasteiger charge is 2.36. The van der Waals surface area contributed by atoms with Crippen molar-refractivity contribution in [3.63, 3.8) is 0 Å². The number of piperidine rings is 1. The van der Waals surface area contributed by atoms with Gasteiger partial charge in [-0.3, -0.25) is 0 Å². The molecule has 1 aliphatic heterocycles. The van der Waals surface area contributed by atoms with Crippen LogP contribution >= 0.6 is 0 Å². The highest BCUT2D eigenvalue weighted by Crippen LogP contribution is 2.33. The molecule has 3 N–H and O–H groups in total. The molecule has 176 valence electrons. The van der Waals surface area contributed by atoms with Gasteiger partial charge in [-0.2, -0.15) is 0 Å². The van der Waals surface area contributed by atoms with Crippen molar-refractivity contribution in [2.24, 2.45) is 0 Å². The minimum absolute atomic E-state index is 0.0578. The summed E-state index contributed by atoms with van der Waals surface area (Å²) < 4.78 is 5.81. The Morgan fingerprint density at radius 2 is 1.42 bits per heavy atom. The Balaban J connectivity index is 0.000000414. The lowest BCUT2D eigenvalue weighted by Crippen LogP contribution is -2.51. The Hall–Kier alpha value is -3.65. The van der Waals surface area contributed by atoms with E-state index in [1.54, 1.807) is 14.1 Å². The molecule has 8 heteroatoms. The van der Waals surface area contributed by atoms with E-state index in [-0.39, 0.29) is 24.2 Å². The molecule has 1 heterocycles. The molecule has 2 aromatic carbocycles. The van der Waals surface area contributed by atoms with E-state index >= 15 is 0 Å². The first kappa shape index (κ1) is 25.6. The highest BCUT2D eigenvalue weighted by atomic mass is 16.6. The van der Waals surface area contributed by atoms with E-state index < -0.39 is 11.9 Å². The minimum atomic E-state index is -1.26. The minimum Gasteiger partial charge on any atom is -0.478 e. The number of benzene rings is 2. The van der Waals surface area contributed by atoms with Gasteiger partial charge in [0.25, 0.3) is 0 Å². The van der Waals surface area contributed by atoms with Crippen molar-refractivity contribution in [1.29, 1.82) is 0 Å². The molecule has 0 aromatic heterocycles. The van der Waals surface area contributed by atoms with Crippen molar-refractivity contribution in [3.8, 4) is 0 Å². The average Bonchev–Trinajstić information content (AvgIpc) is 2.81. The number of carboxylic acids is 2. The molecule has 1 amide bonds. The maximum absolute atomic E-state index is 12.1. The summed E-state index contributed by atoms with van der Waals surface area (Å²) in [5.74, 6) is -2.37. The maximum Gasteiger partial charge on any atom is 0.409 e. The number of carboxylic acid groups (broad SMARTS) is 2. The number of hydrogen-bond acceptors (Lipinski definition) is 5. The van der Waals surface area contributed by atoms with E-state index in [2.05, 4.69) is 53.8 Å². The number of hydrogen-bond donors (Lipinski definition) is 3. The number of amides is 1. The second-order valence-electron chi connectivity index (χ2n) is 7.75. The zero-order chi connectivity index (χ0) is 24.2. The molecule has 0 saturated carbocycles. The predicted octanol–water partition coefficient (Wildman–Crippen LogP) is 3.35. The van der Waals surface area contributed by atoms with E-state index in [1.807, 2.05) is 12.1 Å². The van der Waals surface area contributed by atoms with Gasteiger partial charge in [-0.1, -0.05) is 60.7 Å². The molecule has 0 spiro atoms. The average molecular weight is 455 g/mol. The largest absolute Gasteiger partial charge is 0.478 e. The van der Waals surface area contributed by atoms with Crippen molar-refractivity contribution in [1.82, 2.24) is 10.2 Å². The molecule has 0 radical (unpaired) electrons. The van der Waals surface area contributed by atoms with E-state index in [0.29, 0.717) is 12.2 Å². The molecule has 1 fully saturated rings. The van der Waals surface area contributed by atoms with Crippen LogP contribution in [0.25, 0.3) is 0 Å². The summed E-state index contributed by atoms with van der Waals surface area (Å²) >= 11 is 0. The Labute approximate surface area is 193 Å². The second-order valence-corrected chi connectivity index (χ2v) is 7.75. The van der Waals surface area contributed by atoms with Crippen LogP contribution in [0.1, 0.15) is 29.9 Å². The number of aliphatic carboxylic acids is 2. The monoisotopic (exact) mass is 454 g/mol. The number of rotatable bonds is 6. The second kappa shape index (κ2) is 13.0. The van der Waals surface area contributed by atoms with Crippen molar-refractivity contribution >= 4 is 18.0 Å². The third kappa shape index (κ3) is 8.42. The SMILES string of the molecule is CN(C)C(=O)OC1CCCNC1C(c1ccccc1)c1ccccc1.O=C(O)/C=C\C(=O)O. The van der Waals surface area contributed by atoms with Crippen LogP contribution in [0.5, 0.6) is 0 Å². The van der Waals surface area contributed by atoms with Gasteiger partial charge in [0, 0.05) is 32.2 Å². The molecule has 33 heavy (non-hydrogen) atoms. The Morgan fingerprint density at radius 3 is 1.85 bits per heavy atom. The van der Waals surface area contributed by atoms with Crippen LogP contribution in [0.2, 0.25) is 0 Å². The van der Waals surface area contributed by atoms with E-state index in [4.69, 9.17) is 14.9 Å². The number of nitrogens with zero attached hydrogens (tertiary/aromatic N) is 1. The van der Waals surface area contributed by atoms with Crippen LogP contribution < -0.4 is 5.32 Å². The molecule has 3 rings (SSSR count). The summed E-state index contributed by atoms with van der Waals surface area (Å²) in [6.45, 7) is 0.941. The zero-order valence-electron chi connectivity index (χ0n) is 18.8. The van der Waals surface area contributed by atoms with Gasteiger partial charge in [0.1, 0.15) is 6.10 Å². The number of carbonyl (C=O) groups is 3. The summed E-state index contributed by atoms with van der Waals surface area (Å²) in [6, 6.07) is 21.0. The van der Waals surface area contributed by atoms with Crippen LogP contribution in [0, 0.1) is 0 Å². The van der Waals surface area contributed by atoms with Crippen LogP contribution in [0.15, 0.2) is 72.8 Å². The molecule has 1 saturated heterocycles. The van der Waals surface area contributed by atoms with Gasteiger partial charge < -0.3 is 25.2 Å². The van der Waals surface area contributed by atoms with Gasteiger partial charge >= 0.3 is 18.0 Å². The molecular formula is C25H30N2O6. The molecule has 2 atom stereocenters. The standard InChI is InChI=1S/C21H26N2O2.C4H4O4/c1-23(2)21(24)25-18-14-9-15-22-20(18)19(16-10-5-3-6-11-16)17-12-7-4-8-13-17;5-3(6)1-2-4(7)8/h3-8,10-13,18-20,22H,9,14-15H2,1-2H3;1-2H,(H,5,6)(H,7,8)/b;2-1-. The van der Waals surface area contributed by atoms with Crippen LogP contribution in [0.4, 0.5) is 4.79 Å². The van der Waals surface area contributed by atoms with Gasteiger partial charge in [-0.05, 0) is 30.5 Å². The van der Waals surface area contributed by atoms with Gasteiger partial charge in [-0.15, -0.1) is 0 Å². The van der Waals surface area contributed by atoms with Crippen molar-refractivity contribution in [3.05, 3.63) is 83.9 Å². The fourth-order valence-electron chi connectivity index (χ4n) is 3.65. The summed E-state index contributed by atoms with van der Waals surface area (Å²) in [6.07, 6.45) is 2.59. The lowest BCUT2D eigenvalue weighted by molar-refractivity contribution is -0.134. The van der Waals surface area contributed by atoms with Gasteiger partial charge in [-0.25, -0.2) is 14.4 Å². The van der Waals surface area contributed by atoms with Gasteiger partial charge in [0.15, 0.2) is 0 Å². The fraction of sp³-hybridized carbons (Fsp3) is 0.320. The summed E-state index contributed by atoms with van der Waals surface area (Å²) in [4.78, 5) is 32.7. The smallest absolute Gasteiger partial charge is 0.409 e. The molecule has 2 aromatic rings.